The molecule has 236 valence electrons. The van der Waals surface area contributed by atoms with Crippen LogP contribution in [0.3, 0.4) is 0 Å². The third-order valence-electron chi connectivity index (χ3n) is 10.8. The number of pyridine rings is 1. The minimum Gasteiger partial charge on any atom is -0.292 e. The van der Waals surface area contributed by atoms with Crippen LogP contribution in [-0.4, -0.2) is 9.38 Å². The highest BCUT2D eigenvalue weighted by Crippen LogP contribution is 2.45. The van der Waals surface area contributed by atoms with E-state index in [1.165, 1.54) is 87.4 Å². The summed E-state index contributed by atoms with van der Waals surface area (Å²) in [5, 5.41) is 11.2. The van der Waals surface area contributed by atoms with Crippen molar-refractivity contribution < 1.29 is 0 Å². The van der Waals surface area contributed by atoms with Gasteiger partial charge in [0.25, 0.3) is 0 Å². The molecule has 0 aliphatic carbocycles. The highest BCUT2D eigenvalue weighted by atomic mass is 15.0. The van der Waals surface area contributed by atoms with Crippen LogP contribution in [0, 0.1) is 0 Å². The fourth-order valence-electron chi connectivity index (χ4n) is 8.49. The quantitative estimate of drug-likeness (QED) is 0.138. The average molecular weight is 647 g/mol. The SMILES string of the molecule is c1ccc2c(-c3c4ccccc4c(-c4ccc(-c5ccc6c7ccccc7c7nc8ccccc8n7c6c5)cc4)c4ccccc34)cccc2c1. The van der Waals surface area contributed by atoms with Crippen molar-refractivity contribution in [3.8, 4) is 33.4 Å². The smallest absolute Gasteiger partial charge is 0.146 e. The van der Waals surface area contributed by atoms with Crippen LogP contribution in [0.2, 0.25) is 0 Å². The lowest BCUT2D eigenvalue weighted by Gasteiger charge is -2.19. The molecule has 0 saturated carbocycles. The number of rotatable bonds is 3. The summed E-state index contributed by atoms with van der Waals surface area (Å²) in [7, 11) is 0. The van der Waals surface area contributed by atoms with E-state index in [1.807, 2.05) is 0 Å². The van der Waals surface area contributed by atoms with Gasteiger partial charge in [0.1, 0.15) is 5.65 Å². The van der Waals surface area contributed by atoms with E-state index in [0.29, 0.717) is 0 Å². The Bertz CT molecular complexity index is 3120. The van der Waals surface area contributed by atoms with E-state index in [0.717, 1.165) is 16.7 Å². The highest BCUT2D eigenvalue weighted by Gasteiger charge is 2.18. The van der Waals surface area contributed by atoms with Gasteiger partial charge in [-0.05, 0) is 89.3 Å². The molecule has 0 unspecified atom stereocenters. The molecule has 0 N–H and O–H groups in total. The van der Waals surface area contributed by atoms with Crippen LogP contribution >= 0.6 is 0 Å². The zero-order valence-electron chi connectivity index (χ0n) is 27.7. The Labute approximate surface area is 294 Å². The molecule has 0 amide bonds. The van der Waals surface area contributed by atoms with Gasteiger partial charge in [-0.15, -0.1) is 0 Å². The maximum atomic E-state index is 5.09. The Balaban J connectivity index is 1.11. The third-order valence-corrected chi connectivity index (χ3v) is 10.8. The second-order valence-electron chi connectivity index (χ2n) is 13.5. The number of imidazole rings is 1. The van der Waals surface area contributed by atoms with Gasteiger partial charge in [-0.2, -0.15) is 0 Å². The molecule has 0 fully saturated rings. The Morgan fingerprint density at radius 2 is 0.882 bits per heavy atom. The van der Waals surface area contributed by atoms with Gasteiger partial charge in [0.15, 0.2) is 0 Å². The second-order valence-corrected chi connectivity index (χ2v) is 13.5. The van der Waals surface area contributed by atoms with E-state index in [1.54, 1.807) is 0 Å². The molecule has 9 aromatic carbocycles. The summed E-state index contributed by atoms with van der Waals surface area (Å²) in [4.78, 5) is 5.09. The highest BCUT2D eigenvalue weighted by molar-refractivity contribution is 6.23. The fourth-order valence-corrected chi connectivity index (χ4v) is 8.49. The lowest BCUT2D eigenvalue weighted by Crippen LogP contribution is -1.93. The van der Waals surface area contributed by atoms with E-state index in [4.69, 9.17) is 4.98 Å². The number of nitrogens with zero attached hydrogens (tertiary/aromatic N) is 2. The van der Waals surface area contributed by atoms with Gasteiger partial charge in [-0.3, -0.25) is 4.40 Å². The molecule has 2 nitrogen and oxygen atoms in total. The minimum atomic E-state index is 0.998. The van der Waals surface area contributed by atoms with E-state index in [2.05, 4.69) is 186 Å². The van der Waals surface area contributed by atoms with E-state index >= 15 is 0 Å². The number of aromatic nitrogens is 2. The summed E-state index contributed by atoms with van der Waals surface area (Å²) in [6.07, 6.45) is 0. The van der Waals surface area contributed by atoms with Crippen molar-refractivity contribution in [2.75, 3.05) is 0 Å². The van der Waals surface area contributed by atoms with Gasteiger partial charge >= 0.3 is 0 Å². The monoisotopic (exact) mass is 646 g/mol. The molecule has 0 radical (unpaired) electrons. The zero-order valence-corrected chi connectivity index (χ0v) is 27.7. The van der Waals surface area contributed by atoms with Crippen LogP contribution in [0.4, 0.5) is 0 Å². The lowest BCUT2D eigenvalue weighted by atomic mass is 9.84. The molecule has 0 spiro atoms. The van der Waals surface area contributed by atoms with Crippen molar-refractivity contribution in [3.63, 3.8) is 0 Å². The number of benzene rings is 9. The summed E-state index contributed by atoms with van der Waals surface area (Å²) in [5.74, 6) is 0. The largest absolute Gasteiger partial charge is 0.292 e. The number of para-hydroxylation sites is 2. The zero-order chi connectivity index (χ0) is 33.5. The Morgan fingerprint density at radius 1 is 0.333 bits per heavy atom. The van der Waals surface area contributed by atoms with Crippen LogP contribution in [0.5, 0.6) is 0 Å². The summed E-state index contributed by atoms with van der Waals surface area (Å²) in [5.41, 5.74) is 11.7. The predicted octanol–water partition coefficient (Wildman–Crippen LogP) is 13.3. The molecule has 2 heteroatoms. The standard InChI is InChI=1S/C49H30N2/c1-2-14-35-32(12-1)13-11-21-38(35)48-41-18-6-4-16-39(41)47(40-17-5-7-19-42(40)48)33-26-24-31(25-27-33)34-28-29-37-36-15-3-8-20-43(36)49-50-44-22-9-10-23-45(44)51(49)46(37)30-34/h1-30H. The molecule has 2 heterocycles. The maximum Gasteiger partial charge on any atom is 0.146 e. The first-order valence-electron chi connectivity index (χ1n) is 17.6. The van der Waals surface area contributed by atoms with Gasteiger partial charge in [0.05, 0.1) is 16.6 Å². The van der Waals surface area contributed by atoms with Crippen LogP contribution in [0.1, 0.15) is 0 Å². The normalized spacial score (nSPS) is 11.9. The van der Waals surface area contributed by atoms with E-state index in [9.17, 15) is 0 Å². The first-order valence-corrected chi connectivity index (χ1v) is 17.6. The van der Waals surface area contributed by atoms with Gasteiger partial charge in [-0.25, -0.2) is 4.98 Å². The molecule has 0 aliphatic rings. The first kappa shape index (κ1) is 28.1. The lowest BCUT2D eigenvalue weighted by molar-refractivity contribution is 1.31. The molecule has 0 aliphatic heterocycles. The molecular weight excluding hydrogens is 617 g/mol. The summed E-state index contributed by atoms with van der Waals surface area (Å²) in [6, 6.07) is 66.3. The Hall–Kier alpha value is -6.77. The van der Waals surface area contributed by atoms with Crippen LogP contribution in [0.15, 0.2) is 182 Å². The second kappa shape index (κ2) is 10.9. The molecule has 51 heavy (non-hydrogen) atoms. The van der Waals surface area contributed by atoms with Crippen molar-refractivity contribution in [1.29, 1.82) is 0 Å². The van der Waals surface area contributed by atoms with Crippen molar-refractivity contribution in [2.24, 2.45) is 0 Å². The summed E-state index contributed by atoms with van der Waals surface area (Å²) in [6.45, 7) is 0. The third kappa shape index (κ3) is 4.14. The van der Waals surface area contributed by atoms with Gasteiger partial charge < -0.3 is 0 Å². The van der Waals surface area contributed by atoms with Crippen molar-refractivity contribution in [2.45, 2.75) is 0 Å². The number of hydrogen-bond donors (Lipinski definition) is 0. The molecule has 0 bridgehead atoms. The van der Waals surface area contributed by atoms with Crippen molar-refractivity contribution in [1.82, 2.24) is 9.38 Å². The fraction of sp³-hybridized carbons (Fsp3) is 0. The first-order chi connectivity index (χ1) is 25.3. The molecule has 0 saturated heterocycles. The van der Waals surface area contributed by atoms with Crippen molar-refractivity contribution in [3.05, 3.63) is 182 Å². The maximum absolute atomic E-state index is 5.09. The van der Waals surface area contributed by atoms with E-state index in [-0.39, 0.29) is 0 Å². The Kier molecular flexibility index (Phi) is 5.99. The predicted molar refractivity (Wildman–Crippen MR) is 217 cm³/mol. The molecular formula is C49H30N2. The minimum absolute atomic E-state index is 0.998. The summed E-state index contributed by atoms with van der Waals surface area (Å²) < 4.78 is 2.33. The number of hydrogen-bond acceptors (Lipinski definition) is 1. The van der Waals surface area contributed by atoms with Gasteiger partial charge in [0, 0.05) is 10.8 Å². The topological polar surface area (TPSA) is 17.3 Å². The Morgan fingerprint density at radius 3 is 1.63 bits per heavy atom. The molecule has 2 aromatic heterocycles. The summed E-state index contributed by atoms with van der Waals surface area (Å²) >= 11 is 0. The average Bonchev–Trinajstić information content (AvgIpc) is 3.60. The van der Waals surface area contributed by atoms with Gasteiger partial charge in [0.2, 0.25) is 0 Å². The number of fused-ring (bicyclic) bond motifs is 11. The van der Waals surface area contributed by atoms with Crippen LogP contribution < -0.4 is 0 Å². The molecule has 11 aromatic rings. The van der Waals surface area contributed by atoms with Gasteiger partial charge in [-0.1, -0.05) is 164 Å². The van der Waals surface area contributed by atoms with Crippen LogP contribution in [0.25, 0.3) is 104 Å². The molecule has 11 rings (SSSR count). The van der Waals surface area contributed by atoms with E-state index < -0.39 is 0 Å². The van der Waals surface area contributed by atoms with Crippen LogP contribution in [-0.2, 0) is 0 Å². The van der Waals surface area contributed by atoms with Crippen molar-refractivity contribution >= 4 is 70.7 Å². The molecule has 0 atom stereocenters.